The molecule has 9 nitrogen and oxygen atoms in total. The Bertz CT molecular complexity index is 1490. The Balaban J connectivity index is 1.80. The summed E-state index contributed by atoms with van der Waals surface area (Å²) in [5.74, 6) is 0.717. The molecule has 0 saturated carbocycles. The van der Waals surface area contributed by atoms with Gasteiger partial charge in [0.25, 0.3) is 5.56 Å². The number of nitriles is 1. The first-order valence-corrected chi connectivity index (χ1v) is 10.5. The first kappa shape index (κ1) is 22.0. The first-order valence-electron chi connectivity index (χ1n) is 10.1. The number of fused-ring (bicyclic) bond motifs is 1. The summed E-state index contributed by atoms with van der Waals surface area (Å²) in [7, 11) is 0. The summed E-state index contributed by atoms with van der Waals surface area (Å²) in [5, 5.41) is 13.1. The second kappa shape index (κ2) is 8.76. The van der Waals surface area contributed by atoms with Gasteiger partial charge in [0.1, 0.15) is 23.3 Å². The zero-order chi connectivity index (χ0) is 23.7. The molecule has 2 aromatic carbocycles. The van der Waals surface area contributed by atoms with Crippen molar-refractivity contribution < 1.29 is 0 Å². The predicted molar refractivity (Wildman–Crippen MR) is 130 cm³/mol. The average Bonchev–Trinajstić information content (AvgIpc) is 2.75. The number of aryl methyl sites for hydroxylation is 2. The van der Waals surface area contributed by atoms with E-state index >= 15 is 0 Å². The van der Waals surface area contributed by atoms with Gasteiger partial charge in [-0.2, -0.15) is 15.2 Å². The lowest BCUT2D eigenvalue weighted by atomic mass is 10.1. The molecule has 0 radical (unpaired) electrons. The van der Waals surface area contributed by atoms with E-state index in [1.165, 1.54) is 0 Å². The third kappa shape index (κ3) is 4.16. The molecule has 2 heterocycles. The average molecular weight is 461 g/mol. The second-order valence-electron chi connectivity index (χ2n) is 7.57. The Morgan fingerprint density at radius 2 is 1.94 bits per heavy atom. The Morgan fingerprint density at radius 1 is 1.15 bits per heavy atom. The summed E-state index contributed by atoms with van der Waals surface area (Å²) >= 11 is 6.36. The van der Waals surface area contributed by atoms with Crippen LogP contribution in [0, 0.1) is 25.2 Å². The molecule has 0 bridgehead atoms. The van der Waals surface area contributed by atoms with Crippen LogP contribution in [0.4, 0.5) is 17.6 Å². The highest BCUT2D eigenvalue weighted by atomic mass is 35.5. The van der Waals surface area contributed by atoms with Gasteiger partial charge >= 0.3 is 0 Å². The zero-order valence-corrected chi connectivity index (χ0v) is 18.8. The lowest BCUT2D eigenvalue weighted by Gasteiger charge is -2.17. The molecule has 0 spiro atoms. The van der Waals surface area contributed by atoms with Gasteiger partial charge in [-0.25, -0.2) is 4.98 Å². The SMILES string of the molecule is Cc1ccc(C)c(-n2c(CCNc3nc(N)nc(N)c3C#N)nc3cccc(Cl)c3c2=O)c1. The molecule has 0 aliphatic rings. The number of halogens is 1. The van der Waals surface area contributed by atoms with Crippen molar-refractivity contribution in [2.24, 2.45) is 0 Å². The number of hydrogen-bond acceptors (Lipinski definition) is 8. The van der Waals surface area contributed by atoms with Gasteiger partial charge in [-0.3, -0.25) is 9.36 Å². The summed E-state index contributed by atoms with van der Waals surface area (Å²) in [6, 6.07) is 13.1. The number of benzene rings is 2. The summed E-state index contributed by atoms with van der Waals surface area (Å²) in [6.45, 7) is 4.21. The van der Waals surface area contributed by atoms with Crippen molar-refractivity contribution in [3.05, 3.63) is 74.3 Å². The normalized spacial score (nSPS) is 10.8. The number of aromatic nitrogens is 4. The summed E-state index contributed by atoms with van der Waals surface area (Å²) in [6.07, 6.45) is 0.347. The third-order valence-corrected chi connectivity index (χ3v) is 5.54. The van der Waals surface area contributed by atoms with Gasteiger partial charge in [0.05, 0.1) is 21.6 Å². The van der Waals surface area contributed by atoms with E-state index in [2.05, 4.69) is 15.3 Å². The molecule has 0 aliphatic carbocycles. The molecule has 10 heteroatoms. The van der Waals surface area contributed by atoms with Crippen LogP contribution in [-0.2, 0) is 6.42 Å². The number of hydrogen-bond donors (Lipinski definition) is 3. The van der Waals surface area contributed by atoms with Crippen molar-refractivity contribution in [1.29, 1.82) is 5.26 Å². The van der Waals surface area contributed by atoms with Crippen LogP contribution in [0.1, 0.15) is 22.5 Å². The number of nitrogens with two attached hydrogens (primary N) is 2. The number of nitrogens with one attached hydrogen (secondary N) is 1. The molecular formula is C23H21ClN8O. The molecule has 0 saturated heterocycles. The molecule has 0 aliphatic heterocycles. The van der Waals surface area contributed by atoms with Crippen molar-refractivity contribution in [3.8, 4) is 11.8 Å². The van der Waals surface area contributed by atoms with Crippen molar-refractivity contribution in [1.82, 2.24) is 19.5 Å². The molecule has 0 amide bonds. The highest BCUT2D eigenvalue weighted by molar-refractivity contribution is 6.35. The molecule has 0 fully saturated rings. The number of rotatable bonds is 5. The van der Waals surface area contributed by atoms with Gasteiger partial charge in [0, 0.05) is 13.0 Å². The van der Waals surface area contributed by atoms with Crippen LogP contribution in [0.2, 0.25) is 5.02 Å². The molecule has 4 aromatic rings. The van der Waals surface area contributed by atoms with Crippen LogP contribution in [0.15, 0.2) is 41.2 Å². The largest absolute Gasteiger partial charge is 0.382 e. The quantitative estimate of drug-likeness (QED) is 0.411. The zero-order valence-electron chi connectivity index (χ0n) is 18.1. The first-order chi connectivity index (χ1) is 15.8. The summed E-state index contributed by atoms with van der Waals surface area (Å²) in [5.41, 5.74) is 14.5. The van der Waals surface area contributed by atoms with E-state index in [9.17, 15) is 10.1 Å². The van der Waals surface area contributed by atoms with Crippen LogP contribution in [0.3, 0.4) is 0 Å². The Morgan fingerprint density at radius 3 is 2.70 bits per heavy atom. The predicted octanol–water partition coefficient (Wildman–Crippen LogP) is 3.14. The van der Waals surface area contributed by atoms with Gasteiger partial charge in [-0.15, -0.1) is 0 Å². The molecule has 5 N–H and O–H groups in total. The van der Waals surface area contributed by atoms with E-state index in [-0.39, 0.29) is 28.7 Å². The van der Waals surface area contributed by atoms with Crippen molar-refractivity contribution >= 4 is 40.1 Å². The fourth-order valence-corrected chi connectivity index (χ4v) is 3.89. The van der Waals surface area contributed by atoms with Crippen LogP contribution >= 0.6 is 11.6 Å². The van der Waals surface area contributed by atoms with Crippen LogP contribution in [0.25, 0.3) is 16.6 Å². The van der Waals surface area contributed by atoms with E-state index in [4.69, 9.17) is 28.1 Å². The number of anilines is 3. The minimum absolute atomic E-state index is 0.00161. The minimum Gasteiger partial charge on any atom is -0.382 e. The standard InChI is InChI=1S/C23H21ClN8O/c1-12-6-7-13(2)17(10-12)32-18(29-16-5-3-4-15(24)19(16)22(32)33)8-9-28-21-14(11-25)20(26)30-23(27)31-21/h3-7,10H,8-9H2,1-2H3,(H5,26,27,28,30,31). The molecule has 33 heavy (non-hydrogen) atoms. The van der Waals surface area contributed by atoms with Crippen molar-refractivity contribution in [3.63, 3.8) is 0 Å². The third-order valence-electron chi connectivity index (χ3n) is 5.23. The number of nitrogens with zero attached hydrogens (tertiary/aromatic N) is 5. The van der Waals surface area contributed by atoms with Crippen LogP contribution < -0.4 is 22.3 Å². The van der Waals surface area contributed by atoms with Crippen LogP contribution in [-0.4, -0.2) is 26.1 Å². The highest BCUT2D eigenvalue weighted by Gasteiger charge is 2.17. The van der Waals surface area contributed by atoms with Gasteiger partial charge in [-0.05, 0) is 43.2 Å². The van der Waals surface area contributed by atoms with Gasteiger partial charge < -0.3 is 16.8 Å². The van der Waals surface area contributed by atoms with Crippen molar-refractivity contribution in [2.45, 2.75) is 20.3 Å². The Hall–Kier alpha value is -4.16. The van der Waals surface area contributed by atoms with E-state index in [1.807, 2.05) is 38.1 Å². The monoisotopic (exact) mass is 460 g/mol. The maximum Gasteiger partial charge on any atom is 0.267 e. The van der Waals surface area contributed by atoms with Gasteiger partial charge in [0.15, 0.2) is 5.82 Å². The molecule has 166 valence electrons. The topological polar surface area (TPSA) is 149 Å². The Kier molecular flexibility index (Phi) is 5.85. The van der Waals surface area contributed by atoms with E-state index in [0.29, 0.717) is 34.7 Å². The fraction of sp³-hybridized carbons (Fsp3) is 0.174. The van der Waals surface area contributed by atoms with Gasteiger partial charge in [-0.1, -0.05) is 29.8 Å². The molecule has 0 atom stereocenters. The van der Waals surface area contributed by atoms with Crippen LogP contribution in [0.5, 0.6) is 0 Å². The van der Waals surface area contributed by atoms with E-state index < -0.39 is 0 Å². The molecular weight excluding hydrogens is 440 g/mol. The number of nitrogen functional groups attached to an aromatic ring is 2. The summed E-state index contributed by atoms with van der Waals surface area (Å²) in [4.78, 5) is 26.2. The summed E-state index contributed by atoms with van der Waals surface area (Å²) < 4.78 is 1.59. The van der Waals surface area contributed by atoms with E-state index in [1.54, 1.807) is 22.8 Å². The van der Waals surface area contributed by atoms with Crippen molar-refractivity contribution in [2.75, 3.05) is 23.3 Å². The smallest absolute Gasteiger partial charge is 0.267 e. The second-order valence-corrected chi connectivity index (χ2v) is 7.98. The van der Waals surface area contributed by atoms with E-state index in [0.717, 1.165) is 16.8 Å². The maximum absolute atomic E-state index is 13.6. The maximum atomic E-state index is 13.6. The molecule has 0 unspecified atom stereocenters. The minimum atomic E-state index is -0.248. The lowest BCUT2D eigenvalue weighted by molar-refractivity contribution is 0.805. The lowest BCUT2D eigenvalue weighted by Crippen LogP contribution is -2.26. The highest BCUT2D eigenvalue weighted by Crippen LogP contribution is 2.23. The molecule has 4 rings (SSSR count). The fourth-order valence-electron chi connectivity index (χ4n) is 3.64. The Labute approximate surface area is 194 Å². The van der Waals surface area contributed by atoms with Gasteiger partial charge in [0.2, 0.25) is 5.95 Å². The molecule has 2 aromatic heterocycles.